The lowest BCUT2D eigenvalue weighted by atomic mass is 10.3. The van der Waals surface area contributed by atoms with Gasteiger partial charge in [0.25, 0.3) is 5.69 Å². The average molecular weight is 345 g/mol. The van der Waals surface area contributed by atoms with Crippen molar-refractivity contribution in [3.63, 3.8) is 0 Å². The number of rotatable bonds is 8. The van der Waals surface area contributed by atoms with Crippen molar-refractivity contribution in [2.24, 2.45) is 5.10 Å². The number of ketones is 1. The minimum absolute atomic E-state index is 0.0240. The second-order valence-electron chi connectivity index (χ2n) is 4.60. The van der Waals surface area contributed by atoms with Gasteiger partial charge in [0.05, 0.1) is 29.7 Å². The van der Waals surface area contributed by atoms with Crippen LogP contribution in [0, 0.1) is 10.1 Å². The van der Waals surface area contributed by atoms with Crippen molar-refractivity contribution in [2.75, 3.05) is 18.3 Å². The van der Waals surface area contributed by atoms with Gasteiger partial charge in [-0.2, -0.15) is 5.10 Å². The van der Waals surface area contributed by atoms with E-state index in [-0.39, 0.29) is 17.2 Å². The highest BCUT2D eigenvalue weighted by Crippen LogP contribution is 2.21. The van der Waals surface area contributed by atoms with Crippen LogP contribution in [0.4, 0.5) is 11.4 Å². The van der Waals surface area contributed by atoms with Gasteiger partial charge < -0.3 is 4.74 Å². The monoisotopic (exact) mass is 345 g/mol. The van der Waals surface area contributed by atoms with Gasteiger partial charge >= 0.3 is 0 Å². The average Bonchev–Trinajstić information content (AvgIpc) is 2.61. The number of nitrogens with one attached hydrogen (secondary N) is 1. The summed E-state index contributed by atoms with van der Waals surface area (Å²) in [6, 6.07) is 13.2. The van der Waals surface area contributed by atoms with Crippen molar-refractivity contribution in [2.45, 2.75) is 4.90 Å². The van der Waals surface area contributed by atoms with Crippen molar-refractivity contribution in [3.05, 3.63) is 58.6 Å². The summed E-state index contributed by atoms with van der Waals surface area (Å²) in [5, 5.41) is 14.4. The first kappa shape index (κ1) is 17.5. The number of ether oxygens (including phenoxy) is 1. The molecule has 0 saturated carbocycles. The molecule has 0 radical (unpaired) electrons. The first-order valence-corrected chi connectivity index (χ1v) is 7.90. The van der Waals surface area contributed by atoms with Crippen molar-refractivity contribution in [1.82, 2.24) is 0 Å². The number of carbonyl (C=O) groups is 1. The van der Waals surface area contributed by atoms with E-state index >= 15 is 0 Å². The quantitative estimate of drug-likeness (QED) is 0.341. The van der Waals surface area contributed by atoms with Gasteiger partial charge in [0.2, 0.25) is 0 Å². The van der Waals surface area contributed by atoms with Gasteiger partial charge in [0.15, 0.2) is 5.78 Å². The van der Waals surface area contributed by atoms with E-state index in [1.807, 2.05) is 0 Å². The Morgan fingerprint density at radius 2 is 1.92 bits per heavy atom. The Bertz CT molecular complexity index is 730. The second-order valence-corrected chi connectivity index (χ2v) is 5.65. The number of methoxy groups -OCH3 is 1. The zero-order chi connectivity index (χ0) is 17.4. The molecule has 0 fully saturated rings. The van der Waals surface area contributed by atoms with Crippen LogP contribution >= 0.6 is 11.8 Å². The maximum absolute atomic E-state index is 11.7. The van der Waals surface area contributed by atoms with Crippen LogP contribution in [0.3, 0.4) is 0 Å². The second kappa shape index (κ2) is 8.68. The summed E-state index contributed by atoms with van der Waals surface area (Å²) >= 11 is 1.29. The van der Waals surface area contributed by atoms with Crippen LogP contribution in [-0.4, -0.2) is 29.8 Å². The minimum Gasteiger partial charge on any atom is -0.497 e. The van der Waals surface area contributed by atoms with Crippen LogP contribution in [0.15, 0.2) is 58.5 Å². The van der Waals surface area contributed by atoms with E-state index in [1.165, 1.54) is 30.1 Å². The van der Waals surface area contributed by atoms with Crippen LogP contribution < -0.4 is 10.2 Å². The van der Waals surface area contributed by atoms with Crippen LogP contribution in [0.1, 0.15) is 0 Å². The molecular formula is C16H15N3O4S. The topological polar surface area (TPSA) is 93.8 Å². The van der Waals surface area contributed by atoms with Gasteiger partial charge in [-0.15, -0.1) is 11.8 Å². The molecule has 0 unspecified atom stereocenters. The number of hydrogen-bond donors (Lipinski definition) is 1. The molecule has 7 nitrogen and oxygen atoms in total. The fraction of sp³-hybridized carbons (Fsp3) is 0.125. The number of benzene rings is 2. The van der Waals surface area contributed by atoms with Gasteiger partial charge in [0, 0.05) is 17.0 Å². The Balaban J connectivity index is 1.78. The highest BCUT2D eigenvalue weighted by molar-refractivity contribution is 8.00. The molecular weight excluding hydrogens is 330 g/mol. The summed E-state index contributed by atoms with van der Waals surface area (Å²) in [5.74, 6) is 0.769. The summed E-state index contributed by atoms with van der Waals surface area (Å²) in [5.41, 5.74) is 3.52. The number of hydrazone groups is 1. The predicted molar refractivity (Wildman–Crippen MR) is 93.9 cm³/mol. The van der Waals surface area contributed by atoms with Crippen molar-refractivity contribution < 1.29 is 14.5 Å². The molecule has 2 rings (SSSR count). The van der Waals surface area contributed by atoms with Gasteiger partial charge in [-0.05, 0) is 36.4 Å². The zero-order valence-electron chi connectivity index (χ0n) is 12.8. The molecule has 0 heterocycles. The Labute approximate surface area is 142 Å². The Morgan fingerprint density at radius 1 is 1.25 bits per heavy atom. The molecule has 2 aromatic rings. The highest BCUT2D eigenvalue weighted by Gasteiger charge is 2.05. The molecule has 1 N–H and O–H groups in total. The number of Topliss-reactive ketones (excluding diaryl/α,β-unsaturated/α-hetero) is 1. The number of nitro benzene ring substituents is 1. The third-order valence-electron chi connectivity index (χ3n) is 2.92. The molecule has 0 bridgehead atoms. The largest absolute Gasteiger partial charge is 0.497 e. The molecule has 0 amide bonds. The van der Waals surface area contributed by atoms with Crippen molar-refractivity contribution in [3.8, 4) is 5.75 Å². The lowest BCUT2D eigenvalue weighted by molar-refractivity contribution is -0.384. The predicted octanol–water partition coefficient (Wildman–Crippen LogP) is 3.36. The van der Waals surface area contributed by atoms with E-state index in [0.29, 0.717) is 0 Å². The molecule has 8 heteroatoms. The van der Waals surface area contributed by atoms with Gasteiger partial charge in [-0.25, -0.2) is 0 Å². The summed E-state index contributed by atoms with van der Waals surface area (Å²) in [7, 11) is 1.59. The van der Waals surface area contributed by atoms with Crippen LogP contribution in [0.25, 0.3) is 0 Å². The van der Waals surface area contributed by atoms with Crippen LogP contribution in [0.5, 0.6) is 5.75 Å². The smallest absolute Gasteiger partial charge is 0.269 e. The van der Waals surface area contributed by atoms with Crippen molar-refractivity contribution >= 4 is 35.1 Å². The molecule has 0 aliphatic heterocycles. The maximum atomic E-state index is 11.7. The molecule has 0 aliphatic rings. The van der Waals surface area contributed by atoms with E-state index in [0.717, 1.165) is 16.3 Å². The van der Waals surface area contributed by atoms with E-state index in [4.69, 9.17) is 4.74 Å². The molecule has 2 aromatic carbocycles. The summed E-state index contributed by atoms with van der Waals surface area (Å²) in [4.78, 5) is 22.6. The minimum atomic E-state index is -0.461. The van der Waals surface area contributed by atoms with Crippen molar-refractivity contribution in [1.29, 1.82) is 0 Å². The normalized spacial score (nSPS) is 10.5. The number of anilines is 1. The lowest BCUT2D eigenvalue weighted by Gasteiger charge is -2.02. The Morgan fingerprint density at radius 3 is 2.50 bits per heavy atom. The number of hydrogen-bond acceptors (Lipinski definition) is 7. The molecule has 0 atom stereocenters. The van der Waals surface area contributed by atoms with Gasteiger partial charge in [-0.3, -0.25) is 20.3 Å². The maximum Gasteiger partial charge on any atom is 0.269 e. The number of non-ortho nitro benzene ring substituents is 1. The van der Waals surface area contributed by atoms with Crippen LogP contribution in [-0.2, 0) is 4.79 Å². The number of carbonyl (C=O) groups excluding carboxylic acids is 1. The fourth-order valence-corrected chi connectivity index (χ4v) is 2.41. The Kier molecular flexibility index (Phi) is 6.32. The molecule has 0 aromatic heterocycles. The summed E-state index contributed by atoms with van der Waals surface area (Å²) < 4.78 is 5.05. The third kappa shape index (κ3) is 5.40. The number of nitrogens with zero attached hydrogens (tertiary/aromatic N) is 2. The highest BCUT2D eigenvalue weighted by atomic mass is 32.2. The van der Waals surface area contributed by atoms with E-state index in [1.54, 1.807) is 43.5 Å². The third-order valence-corrected chi connectivity index (χ3v) is 3.96. The Hall–Kier alpha value is -2.87. The SMILES string of the molecule is COc1ccc(NN=CC(=O)CSc2ccc([N+](=O)[O-])cc2)cc1. The molecule has 0 aliphatic carbocycles. The van der Waals surface area contributed by atoms with E-state index in [2.05, 4.69) is 10.5 Å². The summed E-state index contributed by atoms with van der Waals surface area (Å²) in [6.07, 6.45) is 1.21. The van der Waals surface area contributed by atoms with E-state index in [9.17, 15) is 14.9 Å². The fourth-order valence-electron chi connectivity index (χ4n) is 1.70. The lowest BCUT2D eigenvalue weighted by Crippen LogP contribution is -2.04. The standard InChI is InChI=1S/C16H15N3O4S/c1-23-15-6-2-12(3-7-15)18-17-10-14(20)11-24-16-8-4-13(5-9-16)19(21)22/h2-10,18H,11H2,1H3. The molecule has 0 spiro atoms. The van der Waals surface area contributed by atoms with Crippen LogP contribution in [0.2, 0.25) is 0 Å². The van der Waals surface area contributed by atoms with Gasteiger partial charge in [-0.1, -0.05) is 0 Å². The van der Waals surface area contributed by atoms with Gasteiger partial charge in [0.1, 0.15) is 5.75 Å². The molecule has 0 saturated heterocycles. The first-order chi connectivity index (χ1) is 11.6. The number of thioether (sulfide) groups is 1. The summed E-state index contributed by atoms with van der Waals surface area (Å²) in [6.45, 7) is 0. The van der Waals surface area contributed by atoms with E-state index < -0.39 is 4.92 Å². The molecule has 124 valence electrons. The first-order valence-electron chi connectivity index (χ1n) is 6.91. The molecule has 24 heavy (non-hydrogen) atoms. The number of nitro groups is 1. The zero-order valence-corrected chi connectivity index (χ0v) is 13.7.